The first kappa shape index (κ1) is 20.7. The van der Waals surface area contributed by atoms with Crippen molar-refractivity contribution in [2.24, 2.45) is 0 Å². The van der Waals surface area contributed by atoms with Crippen LogP contribution in [0.25, 0.3) is 0 Å². The van der Waals surface area contributed by atoms with Gasteiger partial charge in [-0.05, 0) is 51.9 Å². The van der Waals surface area contributed by atoms with Gasteiger partial charge in [0, 0.05) is 30.6 Å². The first-order chi connectivity index (χ1) is 13.7. The Morgan fingerprint density at radius 3 is 1.64 bits per heavy atom. The van der Waals surface area contributed by atoms with E-state index in [1.807, 2.05) is 0 Å². The lowest BCUT2D eigenvalue weighted by Crippen LogP contribution is -2.18. The monoisotopic (exact) mass is 382 g/mol. The Hall–Kier alpha value is -2.04. The van der Waals surface area contributed by atoms with Gasteiger partial charge >= 0.3 is 0 Å². The third-order valence-corrected chi connectivity index (χ3v) is 5.07. The smallest absolute Gasteiger partial charge is 0.123 e. The van der Waals surface area contributed by atoms with E-state index in [1.165, 1.54) is 41.5 Å². The van der Waals surface area contributed by atoms with E-state index in [9.17, 15) is 0 Å². The van der Waals surface area contributed by atoms with Gasteiger partial charge in [0.2, 0.25) is 0 Å². The third-order valence-electron chi connectivity index (χ3n) is 5.07. The highest BCUT2D eigenvalue weighted by atomic mass is 16.5. The van der Waals surface area contributed by atoms with Crippen molar-refractivity contribution in [3.05, 3.63) is 58.7 Å². The molecule has 0 amide bonds. The second kappa shape index (κ2) is 11.1. The molecule has 4 heteroatoms. The van der Waals surface area contributed by atoms with Crippen LogP contribution >= 0.6 is 0 Å². The Bertz CT molecular complexity index is 684. The molecule has 0 unspecified atom stereocenters. The van der Waals surface area contributed by atoms with Gasteiger partial charge in [-0.2, -0.15) is 0 Å². The molecule has 0 fully saturated rings. The fraction of sp³-hybridized carbons (Fsp3) is 0.500. The van der Waals surface area contributed by atoms with Gasteiger partial charge in [0.25, 0.3) is 0 Å². The van der Waals surface area contributed by atoms with Crippen molar-refractivity contribution in [2.45, 2.75) is 52.6 Å². The van der Waals surface area contributed by atoms with E-state index in [-0.39, 0.29) is 0 Å². The maximum atomic E-state index is 6.06. The van der Waals surface area contributed by atoms with Crippen LogP contribution in [0.2, 0.25) is 0 Å². The topological polar surface area (TPSA) is 42.5 Å². The molecule has 2 N–H and O–H groups in total. The zero-order chi connectivity index (χ0) is 19.6. The van der Waals surface area contributed by atoms with Crippen LogP contribution < -0.4 is 20.1 Å². The molecular weight excluding hydrogens is 348 g/mol. The Morgan fingerprint density at radius 2 is 1.14 bits per heavy atom. The van der Waals surface area contributed by atoms with Crippen LogP contribution in [0, 0.1) is 13.8 Å². The lowest BCUT2D eigenvalue weighted by atomic mass is 10.1. The molecule has 2 aromatic rings. The quantitative estimate of drug-likeness (QED) is 0.703. The largest absolute Gasteiger partial charge is 0.493 e. The molecule has 152 valence electrons. The Kier molecular flexibility index (Phi) is 8.19. The zero-order valence-corrected chi connectivity index (χ0v) is 17.4. The number of rotatable bonds is 0. The normalized spacial score (nSPS) is 17.2. The Morgan fingerprint density at radius 1 is 0.643 bits per heavy atom. The lowest BCUT2D eigenvalue weighted by Gasteiger charge is -2.16. The van der Waals surface area contributed by atoms with Gasteiger partial charge < -0.3 is 20.1 Å². The van der Waals surface area contributed by atoms with E-state index in [2.05, 4.69) is 60.9 Å². The number of hydrogen-bond donors (Lipinski definition) is 2. The van der Waals surface area contributed by atoms with Gasteiger partial charge in [-0.15, -0.1) is 0 Å². The molecule has 1 heterocycles. The molecular formula is C24H34N2O2. The molecule has 0 atom stereocenters. The molecule has 0 spiro atoms. The molecule has 0 aromatic heterocycles. The fourth-order valence-electron chi connectivity index (χ4n) is 3.52. The van der Waals surface area contributed by atoms with Crippen molar-refractivity contribution < 1.29 is 9.47 Å². The summed E-state index contributed by atoms with van der Waals surface area (Å²) in [6.45, 7) is 9.39. The average Bonchev–Trinajstić information content (AvgIpc) is 2.68. The number of nitrogens with one attached hydrogen (secondary N) is 2. The highest BCUT2D eigenvalue weighted by Crippen LogP contribution is 2.22. The van der Waals surface area contributed by atoms with Crippen LogP contribution in [0.1, 0.15) is 47.9 Å². The molecule has 0 radical (unpaired) electrons. The molecule has 0 aliphatic carbocycles. The van der Waals surface area contributed by atoms with Gasteiger partial charge in [-0.1, -0.05) is 41.8 Å². The van der Waals surface area contributed by atoms with E-state index in [1.54, 1.807) is 0 Å². The first-order valence-electron chi connectivity index (χ1n) is 10.6. The van der Waals surface area contributed by atoms with E-state index < -0.39 is 0 Å². The highest BCUT2D eigenvalue weighted by Gasteiger charge is 2.07. The first-order valence-corrected chi connectivity index (χ1v) is 10.6. The van der Waals surface area contributed by atoms with Crippen LogP contribution in [-0.2, 0) is 13.1 Å². The number of aryl methyl sites for hydroxylation is 2. The second-order valence-corrected chi connectivity index (χ2v) is 7.69. The average molecular weight is 383 g/mol. The molecule has 0 bridgehead atoms. The SMILES string of the molecule is Cc1ccc2c(c1)CNCCCCCNCc1cc(C)ccc1OCCCO2. The van der Waals surface area contributed by atoms with Crippen LogP contribution in [0.5, 0.6) is 11.5 Å². The molecule has 2 aromatic carbocycles. The van der Waals surface area contributed by atoms with Gasteiger partial charge in [-0.3, -0.25) is 0 Å². The van der Waals surface area contributed by atoms with Crippen LogP contribution in [0.3, 0.4) is 0 Å². The molecule has 4 nitrogen and oxygen atoms in total. The Balaban J connectivity index is 1.64. The number of ether oxygens (including phenoxy) is 2. The Labute approximate surface area is 169 Å². The summed E-state index contributed by atoms with van der Waals surface area (Å²) in [7, 11) is 0. The molecule has 3 rings (SSSR count). The van der Waals surface area contributed by atoms with Gasteiger partial charge in [0.1, 0.15) is 11.5 Å². The molecule has 1 aliphatic rings. The fourth-order valence-corrected chi connectivity index (χ4v) is 3.52. The summed E-state index contributed by atoms with van der Waals surface area (Å²) in [6, 6.07) is 12.9. The second-order valence-electron chi connectivity index (χ2n) is 7.69. The van der Waals surface area contributed by atoms with Crippen molar-refractivity contribution in [3.8, 4) is 11.5 Å². The van der Waals surface area contributed by atoms with E-state index in [0.717, 1.165) is 44.1 Å². The summed E-state index contributed by atoms with van der Waals surface area (Å²) >= 11 is 0. The van der Waals surface area contributed by atoms with Crippen molar-refractivity contribution in [3.63, 3.8) is 0 Å². The van der Waals surface area contributed by atoms with Crippen molar-refractivity contribution in [1.82, 2.24) is 10.6 Å². The maximum Gasteiger partial charge on any atom is 0.123 e. The summed E-state index contributed by atoms with van der Waals surface area (Å²) in [5.74, 6) is 1.97. The summed E-state index contributed by atoms with van der Waals surface area (Å²) in [5, 5.41) is 7.13. The van der Waals surface area contributed by atoms with Crippen molar-refractivity contribution in [1.29, 1.82) is 0 Å². The summed E-state index contributed by atoms with van der Waals surface area (Å²) in [5.41, 5.74) is 5.02. The van der Waals surface area contributed by atoms with Crippen molar-refractivity contribution in [2.75, 3.05) is 26.3 Å². The number of benzene rings is 2. The van der Waals surface area contributed by atoms with Gasteiger partial charge in [-0.25, -0.2) is 0 Å². The van der Waals surface area contributed by atoms with Crippen LogP contribution in [0.4, 0.5) is 0 Å². The van der Waals surface area contributed by atoms with E-state index in [0.29, 0.717) is 13.2 Å². The van der Waals surface area contributed by atoms with Crippen LogP contribution in [0.15, 0.2) is 36.4 Å². The van der Waals surface area contributed by atoms with E-state index >= 15 is 0 Å². The maximum absolute atomic E-state index is 6.06. The van der Waals surface area contributed by atoms with Crippen LogP contribution in [-0.4, -0.2) is 26.3 Å². The molecule has 0 saturated heterocycles. The zero-order valence-electron chi connectivity index (χ0n) is 17.4. The third kappa shape index (κ3) is 6.54. The minimum Gasteiger partial charge on any atom is -0.493 e. The molecule has 0 saturated carbocycles. The lowest BCUT2D eigenvalue weighted by molar-refractivity contribution is 0.244. The molecule has 28 heavy (non-hydrogen) atoms. The summed E-state index contributed by atoms with van der Waals surface area (Å²) < 4.78 is 12.1. The summed E-state index contributed by atoms with van der Waals surface area (Å²) in [6.07, 6.45) is 4.49. The van der Waals surface area contributed by atoms with Gasteiger partial charge in [0.15, 0.2) is 0 Å². The highest BCUT2D eigenvalue weighted by molar-refractivity contribution is 5.37. The van der Waals surface area contributed by atoms with Gasteiger partial charge in [0.05, 0.1) is 13.2 Å². The standard InChI is InChI=1S/C24H34N2O2/c1-19-7-9-23-21(15-19)17-25-11-4-3-5-12-26-18-22-16-20(2)8-10-24(22)28-14-6-13-27-23/h7-10,15-16,25-26H,3-6,11-14,17-18H2,1-2H3. The predicted molar refractivity (Wildman–Crippen MR) is 115 cm³/mol. The minimum absolute atomic E-state index is 0.662. The minimum atomic E-state index is 0.662. The van der Waals surface area contributed by atoms with Crippen molar-refractivity contribution >= 4 is 0 Å². The summed E-state index contributed by atoms with van der Waals surface area (Å²) in [4.78, 5) is 0. The number of hydrogen-bond acceptors (Lipinski definition) is 4. The predicted octanol–water partition coefficient (Wildman–Crippen LogP) is 4.51. The number of fused-ring (bicyclic) bond motifs is 2. The van der Waals surface area contributed by atoms with E-state index in [4.69, 9.17) is 9.47 Å². The molecule has 1 aliphatic heterocycles.